The topological polar surface area (TPSA) is 96.0 Å². The number of sulfonamides is 1. The van der Waals surface area contributed by atoms with Gasteiger partial charge in [-0.1, -0.05) is 61.0 Å². The van der Waals surface area contributed by atoms with Gasteiger partial charge in [-0.25, -0.2) is 8.42 Å². The number of hydrogen-bond acceptors (Lipinski definition) is 5. The molecule has 3 aromatic carbocycles. The average molecular weight is 640 g/mol. The SMILES string of the molecule is CCCNC(=O)[C@H](Cc1ccccc1)N(Cc1cccc(OC)c1)C(=O)CN(c1cc(C(F)(F)F)ccc1Cl)S(C)(=O)=O. The van der Waals surface area contributed by atoms with Gasteiger partial charge in [0.05, 0.1) is 29.6 Å². The van der Waals surface area contributed by atoms with E-state index in [0.717, 1.165) is 24.0 Å². The molecule has 0 aliphatic carbocycles. The molecule has 0 saturated carbocycles. The number of anilines is 1. The Hall–Kier alpha value is -3.77. The van der Waals surface area contributed by atoms with Crippen LogP contribution < -0.4 is 14.4 Å². The first-order valence-corrected chi connectivity index (χ1v) is 15.6. The van der Waals surface area contributed by atoms with Crippen molar-refractivity contribution in [2.75, 3.05) is 30.8 Å². The molecule has 1 atom stereocenters. The molecule has 13 heteroatoms. The van der Waals surface area contributed by atoms with Gasteiger partial charge in [0.1, 0.15) is 18.3 Å². The van der Waals surface area contributed by atoms with E-state index in [9.17, 15) is 31.2 Å². The molecule has 2 amide bonds. The van der Waals surface area contributed by atoms with Crippen LogP contribution in [0, 0.1) is 0 Å². The van der Waals surface area contributed by atoms with E-state index in [-0.39, 0.29) is 18.0 Å². The number of benzene rings is 3. The second-order valence-electron chi connectivity index (χ2n) is 9.80. The fourth-order valence-corrected chi connectivity index (χ4v) is 5.49. The molecular formula is C30H33ClF3N3O5S. The van der Waals surface area contributed by atoms with Crippen molar-refractivity contribution >= 4 is 39.1 Å². The van der Waals surface area contributed by atoms with Crippen LogP contribution in [0.2, 0.25) is 5.02 Å². The van der Waals surface area contributed by atoms with Gasteiger partial charge in [-0.3, -0.25) is 13.9 Å². The summed E-state index contributed by atoms with van der Waals surface area (Å²) in [6.45, 7) is 1.17. The monoisotopic (exact) mass is 639 g/mol. The summed E-state index contributed by atoms with van der Waals surface area (Å²) in [4.78, 5) is 28.8. The lowest BCUT2D eigenvalue weighted by molar-refractivity contribution is -0.140. The predicted octanol–water partition coefficient (Wildman–Crippen LogP) is 5.30. The van der Waals surface area contributed by atoms with Crippen molar-refractivity contribution < 1.29 is 35.9 Å². The Morgan fingerprint density at radius 2 is 1.67 bits per heavy atom. The number of amides is 2. The van der Waals surface area contributed by atoms with Gasteiger partial charge in [-0.2, -0.15) is 13.2 Å². The van der Waals surface area contributed by atoms with Crippen molar-refractivity contribution in [2.45, 2.75) is 38.5 Å². The van der Waals surface area contributed by atoms with Gasteiger partial charge < -0.3 is 15.0 Å². The standard InChI is InChI=1S/C30H33ClF3N3O5S/c1-4-15-35-29(39)27(17-21-9-6-5-7-10-21)36(19-22-11-8-12-24(16-22)42-2)28(38)20-37(43(3,40)41)26-18-23(30(32,33)34)13-14-25(26)31/h5-14,16,18,27H,4,15,17,19-20H2,1-3H3,(H,35,39)/t27-/m0/s1. The highest BCUT2D eigenvalue weighted by Gasteiger charge is 2.35. The Kier molecular flexibility index (Phi) is 11.5. The zero-order valence-electron chi connectivity index (χ0n) is 23.9. The number of carbonyl (C=O) groups is 2. The lowest BCUT2D eigenvalue weighted by atomic mass is 10.0. The van der Waals surface area contributed by atoms with Crippen LogP contribution in [-0.4, -0.2) is 57.6 Å². The van der Waals surface area contributed by atoms with Crippen molar-refractivity contribution in [3.8, 4) is 5.75 Å². The molecule has 3 rings (SSSR count). The van der Waals surface area contributed by atoms with Crippen LogP contribution in [0.25, 0.3) is 0 Å². The van der Waals surface area contributed by atoms with Gasteiger partial charge in [-0.15, -0.1) is 0 Å². The lowest BCUT2D eigenvalue weighted by Gasteiger charge is -2.33. The van der Waals surface area contributed by atoms with Crippen molar-refractivity contribution in [2.24, 2.45) is 0 Å². The summed E-state index contributed by atoms with van der Waals surface area (Å²) >= 11 is 6.17. The van der Waals surface area contributed by atoms with Crippen LogP contribution in [0.5, 0.6) is 5.75 Å². The quantitative estimate of drug-likeness (QED) is 0.274. The summed E-state index contributed by atoms with van der Waals surface area (Å²) in [6.07, 6.45) is -3.30. The molecule has 0 bridgehead atoms. The smallest absolute Gasteiger partial charge is 0.416 e. The fraction of sp³-hybridized carbons (Fsp3) is 0.333. The highest BCUT2D eigenvalue weighted by molar-refractivity contribution is 7.92. The lowest BCUT2D eigenvalue weighted by Crippen LogP contribution is -2.53. The zero-order chi connectivity index (χ0) is 31.8. The first-order chi connectivity index (χ1) is 20.2. The largest absolute Gasteiger partial charge is 0.497 e. The van der Waals surface area contributed by atoms with Crippen molar-refractivity contribution in [1.29, 1.82) is 0 Å². The average Bonchev–Trinajstić information content (AvgIpc) is 2.96. The van der Waals surface area contributed by atoms with Gasteiger partial charge in [0.25, 0.3) is 0 Å². The van der Waals surface area contributed by atoms with E-state index in [1.54, 1.807) is 54.6 Å². The Labute approximate surface area is 254 Å². The molecular weight excluding hydrogens is 607 g/mol. The number of methoxy groups -OCH3 is 1. The predicted molar refractivity (Wildman–Crippen MR) is 159 cm³/mol. The minimum absolute atomic E-state index is 0.0925. The number of carbonyl (C=O) groups excluding carboxylic acids is 2. The fourth-order valence-electron chi connectivity index (χ4n) is 4.36. The Morgan fingerprint density at radius 1 is 1.00 bits per heavy atom. The molecule has 3 aromatic rings. The van der Waals surface area contributed by atoms with Crippen LogP contribution in [0.15, 0.2) is 72.8 Å². The molecule has 0 fully saturated rings. The number of rotatable bonds is 13. The molecule has 0 aromatic heterocycles. The van der Waals surface area contributed by atoms with Crippen molar-refractivity contribution in [3.63, 3.8) is 0 Å². The maximum absolute atomic E-state index is 14.1. The maximum atomic E-state index is 14.1. The number of halogens is 4. The second kappa shape index (κ2) is 14.6. The summed E-state index contributed by atoms with van der Waals surface area (Å²) in [5, 5.41) is 2.51. The molecule has 232 valence electrons. The summed E-state index contributed by atoms with van der Waals surface area (Å²) in [6, 6.07) is 16.9. The maximum Gasteiger partial charge on any atom is 0.416 e. The summed E-state index contributed by atoms with van der Waals surface area (Å²) in [7, 11) is -2.85. The molecule has 0 unspecified atom stereocenters. The summed E-state index contributed by atoms with van der Waals surface area (Å²) in [5.41, 5.74) is -0.327. The van der Waals surface area contributed by atoms with E-state index in [1.165, 1.54) is 12.0 Å². The van der Waals surface area contributed by atoms with Gasteiger partial charge >= 0.3 is 6.18 Å². The number of nitrogens with zero attached hydrogens (tertiary/aromatic N) is 2. The Balaban J connectivity index is 2.11. The zero-order valence-corrected chi connectivity index (χ0v) is 25.5. The normalized spacial score (nSPS) is 12.3. The summed E-state index contributed by atoms with van der Waals surface area (Å²) < 4.78 is 72.2. The van der Waals surface area contributed by atoms with Crippen LogP contribution in [0.3, 0.4) is 0 Å². The molecule has 0 radical (unpaired) electrons. The van der Waals surface area contributed by atoms with E-state index in [0.29, 0.717) is 34.7 Å². The summed E-state index contributed by atoms with van der Waals surface area (Å²) in [5.74, 6) is -0.798. The van der Waals surface area contributed by atoms with Gasteiger partial charge in [0.2, 0.25) is 21.8 Å². The first kappa shape index (κ1) is 33.7. The third kappa shape index (κ3) is 9.36. The Morgan fingerprint density at radius 3 is 2.28 bits per heavy atom. The van der Waals surface area contributed by atoms with E-state index in [2.05, 4.69) is 5.32 Å². The number of hydrogen-bond donors (Lipinski definition) is 1. The van der Waals surface area contributed by atoms with E-state index >= 15 is 0 Å². The molecule has 0 aliphatic heterocycles. The molecule has 0 saturated heterocycles. The van der Waals surface area contributed by atoms with Gasteiger partial charge in [-0.05, 0) is 47.9 Å². The first-order valence-electron chi connectivity index (χ1n) is 13.3. The highest BCUT2D eigenvalue weighted by atomic mass is 35.5. The second-order valence-corrected chi connectivity index (χ2v) is 12.1. The molecule has 0 aliphatic rings. The third-order valence-corrected chi connectivity index (χ3v) is 7.97. The molecule has 43 heavy (non-hydrogen) atoms. The molecule has 0 spiro atoms. The Bertz CT molecular complexity index is 1520. The van der Waals surface area contributed by atoms with Crippen molar-refractivity contribution in [1.82, 2.24) is 10.2 Å². The number of ether oxygens (including phenoxy) is 1. The van der Waals surface area contributed by atoms with E-state index < -0.39 is 51.9 Å². The van der Waals surface area contributed by atoms with E-state index in [4.69, 9.17) is 16.3 Å². The van der Waals surface area contributed by atoms with Gasteiger partial charge in [0, 0.05) is 19.5 Å². The highest BCUT2D eigenvalue weighted by Crippen LogP contribution is 2.36. The van der Waals surface area contributed by atoms with Crippen LogP contribution in [0.1, 0.15) is 30.0 Å². The van der Waals surface area contributed by atoms with Crippen LogP contribution in [-0.2, 0) is 38.8 Å². The number of alkyl halides is 3. The minimum Gasteiger partial charge on any atom is -0.497 e. The van der Waals surface area contributed by atoms with Crippen LogP contribution in [0.4, 0.5) is 18.9 Å². The minimum atomic E-state index is -4.79. The van der Waals surface area contributed by atoms with E-state index in [1.807, 2.05) is 6.92 Å². The molecule has 1 N–H and O–H groups in total. The van der Waals surface area contributed by atoms with Crippen molar-refractivity contribution in [3.05, 3.63) is 94.5 Å². The number of nitrogens with one attached hydrogen (secondary N) is 1. The molecule has 8 nitrogen and oxygen atoms in total. The molecule has 0 heterocycles. The van der Waals surface area contributed by atoms with Gasteiger partial charge in [0.15, 0.2) is 0 Å². The third-order valence-electron chi connectivity index (χ3n) is 6.53. The van der Waals surface area contributed by atoms with Crippen LogP contribution >= 0.6 is 11.6 Å².